The smallest absolute Gasteiger partial charge is 0.308 e. The van der Waals surface area contributed by atoms with E-state index < -0.39 is 5.60 Å². The van der Waals surface area contributed by atoms with Crippen molar-refractivity contribution < 1.29 is 19.4 Å². The summed E-state index contributed by atoms with van der Waals surface area (Å²) in [5, 5.41) is 10.8. The summed E-state index contributed by atoms with van der Waals surface area (Å²) in [5.41, 5.74) is 0.0607. The van der Waals surface area contributed by atoms with Crippen LogP contribution in [-0.4, -0.2) is 24.8 Å². The molecule has 0 saturated heterocycles. The van der Waals surface area contributed by atoms with E-state index in [1.807, 2.05) is 24.3 Å². The molecule has 0 radical (unpaired) electrons. The SMILES string of the molecule is CCCCOc1ccc(C2(O)CCC(C(=O)OC)CC2)cc1. The van der Waals surface area contributed by atoms with Gasteiger partial charge in [-0.3, -0.25) is 4.79 Å². The van der Waals surface area contributed by atoms with Gasteiger partial charge in [-0.15, -0.1) is 0 Å². The molecule has 0 aliphatic heterocycles. The van der Waals surface area contributed by atoms with Crippen molar-refractivity contribution in [1.82, 2.24) is 0 Å². The maximum Gasteiger partial charge on any atom is 0.308 e. The molecule has 4 heteroatoms. The van der Waals surface area contributed by atoms with Crippen LogP contribution in [0.4, 0.5) is 0 Å². The summed E-state index contributed by atoms with van der Waals surface area (Å²) in [4.78, 5) is 11.6. The first-order chi connectivity index (χ1) is 10.6. The third-order valence-corrected chi connectivity index (χ3v) is 4.51. The number of esters is 1. The van der Waals surface area contributed by atoms with Crippen LogP contribution in [0.1, 0.15) is 51.0 Å². The number of ether oxygens (including phenoxy) is 2. The molecule has 1 aromatic rings. The van der Waals surface area contributed by atoms with Crippen LogP contribution in [0.15, 0.2) is 24.3 Å². The molecule has 1 saturated carbocycles. The van der Waals surface area contributed by atoms with Gasteiger partial charge >= 0.3 is 5.97 Å². The van der Waals surface area contributed by atoms with Crippen LogP contribution in [0.25, 0.3) is 0 Å². The van der Waals surface area contributed by atoms with E-state index in [9.17, 15) is 9.90 Å². The van der Waals surface area contributed by atoms with Gasteiger partial charge in [0.25, 0.3) is 0 Å². The highest BCUT2D eigenvalue weighted by Crippen LogP contribution is 2.40. The monoisotopic (exact) mass is 306 g/mol. The number of methoxy groups -OCH3 is 1. The number of aliphatic hydroxyl groups is 1. The summed E-state index contributed by atoms with van der Waals surface area (Å²) in [7, 11) is 1.42. The quantitative estimate of drug-likeness (QED) is 0.646. The average molecular weight is 306 g/mol. The van der Waals surface area contributed by atoms with Gasteiger partial charge in [0.05, 0.1) is 25.2 Å². The molecule has 1 aliphatic carbocycles. The van der Waals surface area contributed by atoms with Crippen molar-refractivity contribution in [3.05, 3.63) is 29.8 Å². The second-order valence-corrected chi connectivity index (χ2v) is 6.06. The molecule has 1 fully saturated rings. The van der Waals surface area contributed by atoms with Crippen LogP contribution < -0.4 is 4.74 Å². The normalized spacial score (nSPS) is 24.8. The Morgan fingerprint density at radius 3 is 2.45 bits per heavy atom. The van der Waals surface area contributed by atoms with E-state index in [2.05, 4.69) is 6.92 Å². The van der Waals surface area contributed by atoms with Crippen molar-refractivity contribution in [2.45, 2.75) is 51.0 Å². The van der Waals surface area contributed by atoms with Crippen molar-refractivity contribution in [2.75, 3.05) is 13.7 Å². The lowest BCUT2D eigenvalue weighted by Crippen LogP contribution is -2.34. The molecule has 0 heterocycles. The van der Waals surface area contributed by atoms with Gasteiger partial charge in [0.1, 0.15) is 5.75 Å². The van der Waals surface area contributed by atoms with E-state index in [-0.39, 0.29) is 11.9 Å². The third-order valence-electron chi connectivity index (χ3n) is 4.51. The van der Waals surface area contributed by atoms with Crippen LogP contribution in [0.3, 0.4) is 0 Å². The first kappa shape index (κ1) is 16.8. The van der Waals surface area contributed by atoms with Crippen molar-refractivity contribution in [3.63, 3.8) is 0 Å². The Balaban J connectivity index is 1.95. The fourth-order valence-corrected chi connectivity index (χ4v) is 2.98. The number of carbonyl (C=O) groups excluding carboxylic acids is 1. The number of benzene rings is 1. The fourth-order valence-electron chi connectivity index (χ4n) is 2.98. The largest absolute Gasteiger partial charge is 0.494 e. The van der Waals surface area contributed by atoms with Gasteiger partial charge in [0.2, 0.25) is 0 Å². The molecule has 1 aliphatic rings. The summed E-state index contributed by atoms with van der Waals surface area (Å²) >= 11 is 0. The molecule has 0 bridgehead atoms. The lowest BCUT2D eigenvalue weighted by Gasteiger charge is -2.35. The molecule has 0 unspecified atom stereocenters. The maximum absolute atomic E-state index is 11.6. The summed E-state index contributed by atoms with van der Waals surface area (Å²) in [6.45, 7) is 2.85. The molecule has 0 amide bonds. The van der Waals surface area contributed by atoms with E-state index in [4.69, 9.17) is 9.47 Å². The Morgan fingerprint density at radius 1 is 1.27 bits per heavy atom. The molecule has 1 aromatic carbocycles. The number of hydrogen-bond donors (Lipinski definition) is 1. The van der Waals surface area contributed by atoms with Crippen LogP contribution >= 0.6 is 0 Å². The molecule has 0 atom stereocenters. The van der Waals surface area contributed by atoms with Crippen LogP contribution in [0.5, 0.6) is 5.75 Å². The number of unbranched alkanes of at least 4 members (excludes halogenated alkanes) is 1. The van der Waals surface area contributed by atoms with Gasteiger partial charge in [-0.05, 0) is 49.8 Å². The molecule has 0 spiro atoms. The second kappa shape index (κ2) is 7.63. The van der Waals surface area contributed by atoms with Crippen molar-refractivity contribution in [1.29, 1.82) is 0 Å². The van der Waals surface area contributed by atoms with E-state index in [0.29, 0.717) is 25.7 Å². The van der Waals surface area contributed by atoms with Gasteiger partial charge in [0, 0.05) is 0 Å². The average Bonchev–Trinajstić information content (AvgIpc) is 2.55. The molecular formula is C18H26O4. The first-order valence-electron chi connectivity index (χ1n) is 8.12. The van der Waals surface area contributed by atoms with E-state index in [0.717, 1.165) is 30.8 Å². The zero-order valence-electron chi connectivity index (χ0n) is 13.5. The van der Waals surface area contributed by atoms with Gasteiger partial charge in [-0.1, -0.05) is 25.5 Å². The summed E-state index contributed by atoms with van der Waals surface area (Å²) in [6.07, 6.45) is 4.65. The summed E-state index contributed by atoms with van der Waals surface area (Å²) < 4.78 is 10.4. The summed E-state index contributed by atoms with van der Waals surface area (Å²) in [6, 6.07) is 7.68. The predicted octanol–water partition coefficient (Wildman–Crippen LogP) is 3.42. The molecule has 22 heavy (non-hydrogen) atoms. The molecule has 4 nitrogen and oxygen atoms in total. The molecule has 1 N–H and O–H groups in total. The highest BCUT2D eigenvalue weighted by Gasteiger charge is 2.37. The summed E-state index contributed by atoms with van der Waals surface area (Å²) in [5.74, 6) is 0.590. The first-order valence-corrected chi connectivity index (χ1v) is 8.12. The van der Waals surface area contributed by atoms with E-state index in [1.54, 1.807) is 0 Å². The molecule has 0 aromatic heterocycles. The second-order valence-electron chi connectivity index (χ2n) is 6.06. The van der Waals surface area contributed by atoms with Crippen LogP contribution in [0, 0.1) is 5.92 Å². The van der Waals surface area contributed by atoms with E-state index in [1.165, 1.54) is 7.11 Å². The number of carbonyl (C=O) groups is 1. The van der Waals surface area contributed by atoms with Gasteiger partial charge in [-0.2, -0.15) is 0 Å². The van der Waals surface area contributed by atoms with Gasteiger partial charge < -0.3 is 14.6 Å². The Labute approximate surface area is 132 Å². The highest BCUT2D eigenvalue weighted by atomic mass is 16.5. The minimum atomic E-state index is -0.841. The minimum Gasteiger partial charge on any atom is -0.494 e. The third kappa shape index (κ3) is 4.01. The minimum absolute atomic E-state index is 0.0816. The molecular weight excluding hydrogens is 280 g/mol. The number of rotatable bonds is 6. The Bertz CT molecular complexity index is 472. The highest BCUT2D eigenvalue weighted by molar-refractivity contribution is 5.72. The Kier molecular flexibility index (Phi) is 5.83. The lowest BCUT2D eigenvalue weighted by atomic mass is 9.75. The Hall–Kier alpha value is -1.55. The zero-order chi connectivity index (χ0) is 16.0. The van der Waals surface area contributed by atoms with Crippen LogP contribution in [-0.2, 0) is 15.1 Å². The zero-order valence-corrected chi connectivity index (χ0v) is 13.5. The maximum atomic E-state index is 11.6. The van der Waals surface area contributed by atoms with Gasteiger partial charge in [0.15, 0.2) is 0 Å². The number of hydrogen-bond acceptors (Lipinski definition) is 4. The van der Waals surface area contributed by atoms with Crippen molar-refractivity contribution >= 4 is 5.97 Å². The standard InChI is InChI=1S/C18H26O4/c1-3-4-13-22-16-7-5-15(6-8-16)18(20)11-9-14(10-12-18)17(19)21-2/h5-8,14,20H,3-4,9-13H2,1-2H3. The topological polar surface area (TPSA) is 55.8 Å². The Morgan fingerprint density at radius 2 is 1.91 bits per heavy atom. The van der Waals surface area contributed by atoms with E-state index >= 15 is 0 Å². The van der Waals surface area contributed by atoms with Gasteiger partial charge in [-0.25, -0.2) is 0 Å². The van der Waals surface area contributed by atoms with Crippen LogP contribution in [0.2, 0.25) is 0 Å². The fraction of sp³-hybridized carbons (Fsp3) is 0.611. The molecule has 2 rings (SSSR count). The molecule has 122 valence electrons. The lowest BCUT2D eigenvalue weighted by molar-refractivity contribution is -0.148. The van der Waals surface area contributed by atoms with Crippen molar-refractivity contribution in [3.8, 4) is 5.75 Å². The predicted molar refractivity (Wildman–Crippen MR) is 84.7 cm³/mol. The van der Waals surface area contributed by atoms with Crippen molar-refractivity contribution in [2.24, 2.45) is 5.92 Å².